The number of aliphatic hydroxyl groups is 1. The van der Waals surface area contributed by atoms with Crippen LogP contribution >= 0.6 is 27.5 Å². The number of halogens is 1. The standard InChI is InChI=1S/C19H17BrN2OS/c1-22(11-12-23)10-2-3-14-4-9-17-18(13-14)24-21-19(17)15-5-7-16(20)8-6-15/h4-9,13,23H,10-12H2,1H3. The molecule has 122 valence electrons. The fourth-order valence-electron chi connectivity index (χ4n) is 2.36. The van der Waals surface area contributed by atoms with Crippen LogP contribution in [0.15, 0.2) is 46.9 Å². The summed E-state index contributed by atoms with van der Waals surface area (Å²) in [5, 5.41) is 10.0. The van der Waals surface area contributed by atoms with Crippen molar-refractivity contribution in [2.75, 3.05) is 26.7 Å². The van der Waals surface area contributed by atoms with Crippen LogP contribution in [-0.4, -0.2) is 41.1 Å². The number of hydrogen-bond donors (Lipinski definition) is 1. The summed E-state index contributed by atoms with van der Waals surface area (Å²) in [6.45, 7) is 1.44. The van der Waals surface area contributed by atoms with Crippen LogP contribution < -0.4 is 0 Å². The summed E-state index contributed by atoms with van der Waals surface area (Å²) in [7, 11) is 1.95. The van der Waals surface area contributed by atoms with Crippen LogP contribution in [-0.2, 0) is 0 Å². The van der Waals surface area contributed by atoms with Gasteiger partial charge >= 0.3 is 0 Å². The number of aromatic nitrogens is 1. The van der Waals surface area contributed by atoms with Crippen molar-refractivity contribution in [3.05, 3.63) is 52.5 Å². The molecule has 5 heteroatoms. The third kappa shape index (κ3) is 4.03. The molecule has 24 heavy (non-hydrogen) atoms. The maximum atomic E-state index is 8.88. The Morgan fingerprint density at radius 2 is 2.00 bits per heavy atom. The Hall–Kier alpha value is -1.71. The fourth-order valence-corrected chi connectivity index (χ4v) is 3.46. The third-order valence-corrected chi connectivity index (χ3v) is 4.99. The number of benzene rings is 2. The zero-order valence-electron chi connectivity index (χ0n) is 13.3. The van der Waals surface area contributed by atoms with Crippen molar-refractivity contribution in [1.29, 1.82) is 0 Å². The lowest BCUT2D eigenvalue weighted by atomic mass is 10.1. The van der Waals surface area contributed by atoms with Gasteiger partial charge in [0.2, 0.25) is 0 Å². The highest BCUT2D eigenvalue weighted by atomic mass is 79.9. The lowest BCUT2D eigenvalue weighted by Crippen LogP contribution is -2.22. The van der Waals surface area contributed by atoms with E-state index >= 15 is 0 Å². The zero-order valence-corrected chi connectivity index (χ0v) is 15.7. The van der Waals surface area contributed by atoms with E-state index in [-0.39, 0.29) is 6.61 Å². The van der Waals surface area contributed by atoms with Crippen LogP contribution in [0, 0.1) is 11.8 Å². The van der Waals surface area contributed by atoms with Crippen molar-refractivity contribution >= 4 is 37.5 Å². The van der Waals surface area contributed by atoms with Gasteiger partial charge in [-0.1, -0.05) is 46.0 Å². The molecule has 1 N–H and O–H groups in total. The molecule has 0 saturated heterocycles. The van der Waals surface area contributed by atoms with Gasteiger partial charge < -0.3 is 5.11 Å². The van der Waals surface area contributed by atoms with Crippen LogP contribution in [0.1, 0.15) is 5.56 Å². The maximum Gasteiger partial charge on any atom is 0.0919 e. The van der Waals surface area contributed by atoms with Crippen molar-refractivity contribution in [2.45, 2.75) is 0 Å². The Balaban J connectivity index is 1.83. The van der Waals surface area contributed by atoms with E-state index in [0.717, 1.165) is 31.4 Å². The van der Waals surface area contributed by atoms with E-state index in [4.69, 9.17) is 5.11 Å². The molecular formula is C19H17BrN2OS. The predicted molar refractivity (Wildman–Crippen MR) is 104 cm³/mol. The largest absolute Gasteiger partial charge is 0.395 e. The van der Waals surface area contributed by atoms with E-state index in [2.05, 4.69) is 56.4 Å². The average molecular weight is 401 g/mol. The second-order valence-electron chi connectivity index (χ2n) is 5.51. The van der Waals surface area contributed by atoms with Crippen LogP contribution in [0.4, 0.5) is 0 Å². The molecule has 0 bridgehead atoms. The number of hydrogen-bond acceptors (Lipinski definition) is 4. The van der Waals surface area contributed by atoms with E-state index < -0.39 is 0 Å². The zero-order chi connectivity index (χ0) is 16.9. The van der Waals surface area contributed by atoms with Gasteiger partial charge in [-0.05, 0) is 42.8 Å². The van der Waals surface area contributed by atoms with E-state index in [9.17, 15) is 0 Å². The minimum absolute atomic E-state index is 0.157. The average Bonchev–Trinajstić information content (AvgIpc) is 2.99. The van der Waals surface area contributed by atoms with Gasteiger partial charge in [0, 0.05) is 27.5 Å². The van der Waals surface area contributed by atoms with Gasteiger partial charge in [0.15, 0.2) is 0 Å². The summed E-state index contributed by atoms with van der Waals surface area (Å²) in [5.41, 5.74) is 3.13. The molecule has 2 aromatic carbocycles. The predicted octanol–water partition coefficient (Wildman–Crippen LogP) is 4.00. The monoisotopic (exact) mass is 400 g/mol. The minimum Gasteiger partial charge on any atom is -0.395 e. The lowest BCUT2D eigenvalue weighted by molar-refractivity contribution is 0.234. The van der Waals surface area contributed by atoms with Gasteiger partial charge in [0.05, 0.1) is 23.5 Å². The third-order valence-electron chi connectivity index (χ3n) is 3.65. The number of aliphatic hydroxyl groups excluding tert-OH is 1. The molecule has 0 aliphatic rings. The summed E-state index contributed by atoms with van der Waals surface area (Å²) in [6, 6.07) is 14.4. The second-order valence-corrected chi connectivity index (χ2v) is 7.23. The Morgan fingerprint density at radius 3 is 2.75 bits per heavy atom. The smallest absolute Gasteiger partial charge is 0.0919 e. The summed E-state index contributed by atoms with van der Waals surface area (Å²) < 4.78 is 6.82. The SMILES string of the molecule is CN(CC#Cc1ccc2c(-c3ccc(Br)cc3)nsc2c1)CCO. The van der Waals surface area contributed by atoms with Gasteiger partial charge in [0.25, 0.3) is 0 Å². The number of fused-ring (bicyclic) bond motifs is 1. The summed E-state index contributed by atoms with van der Waals surface area (Å²) >= 11 is 4.96. The molecule has 3 aromatic rings. The van der Waals surface area contributed by atoms with E-state index in [0.29, 0.717) is 13.1 Å². The van der Waals surface area contributed by atoms with Gasteiger partial charge in [-0.2, -0.15) is 4.37 Å². The highest BCUT2D eigenvalue weighted by molar-refractivity contribution is 9.10. The first kappa shape index (κ1) is 17.1. The quantitative estimate of drug-likeness (QED) is 0.672. The Labute approximate surface area is 154 Å². The molecule has 0 atom stereocenters. The van der Waals surface area contributed by atoms with Gasteiger partial charge in [0.1, 0.15) is 0 Å². The number of nitrogens with zero attached hydrogens (tertiary/aromatic N) is 2. The maximum absolute atomic E-state index is 8.88. The van der Waals surface area contributed by atoms with Gasteiger partial charge in [-0.25, -0.2) is 0 Å². The molecular weight excluding hydrogens is 384 g/mol. The van der Waals surface area contributed by atoms with Gasteiger partial charge in [-0.15, -0.1) is 0 Å². The molecule has 0 amide bonds. The first-order valence-electron chi connectivity index (χ1n) is 7.61. The van der Waals surface area contributed by atoms with Gasteiger partial charge in [-0.3, -0.25) is 4.90 Å². The van der Waals surface area contributed by atoms with Crippen molar-refractivity contribution in [3.8, 4) is 23.1 Å². The highest BCUT2D eigenvalue weighted by Gasteiger charge is 2.08. The molecule has 3 nitrogen and oxygen atoms in total. The number of likely N-dealkylation sites (N-methyl/N-ethyl adjacent to an activating group) is 1. The lowest BCUT2D eigenvalue weighted by Gasteiger charge is -2.09. The minimum atomic E-state index is 0.157. The summed E-state index contributed by atoms with van der Waals surface area (Å²) in [5.74, 6) is 6.32. The molecule has 0 aliphatic heterocycles. The van der Waals surface area contributed by atoms with E-state index in [1.807, 2.05) is 30.1 Å². The van der Waals surface area contributed by atoms with Crippen LogP contribution in [0.25, 0.3) is 21.3 Å². The first-order valence-corrected chi connectivity index (χ1v) is 9.17. The highest BCUT2D eigenvalue weighted by Crippen LogP contribution is 2.31. The van der Waals surface area contributed by atoms with Crippen molar-refractivity contribution < 1.29 is 5.11 Å². The topological polar surface area (TPSA) is 36.4 Å². The van der Waals surface area contributed by atoms with Crippen molar-refractivity contribution in [3.63, 3.8) is 0 Å². The molecule has 1 aromatic heterocycles. The van der Waals surface area contributed by atoms with E-state index in [1.165, 1.54) is 11.5 Å². The molecule has 0 radical (unpaired) electrons. The molecule has 0 spiro atoms. The molecule has 0 aliphatic carbocycles. The van der Waals surface area contributed by atoms with Crippen LogP contribution in [0.3, 0.4) is 0 Å². The molecule has 3 rings (SSSR count). The van der Waals surface area contributed by atoms with Crippen molar-refractivity contribution in [2.24, 2.45) is 0 Å². The summed E-state index contributed by atoms with van der Waals surface area (Å²) in [4.78, 5) is 1.99. The molecule has 0 fully saturated rings. The fraction of sp³-hybridized carbons (Fsp3) is 0.211. The van der Waals surface area contributed by atoms with E-state index in [1.54, 1.807) is 0 Å². The Bertz CT molecular complexity index is 893. The van der Waals surface area contributed by atoms with Crippen molar-refractivity contribution in [1.82, 2.24) is 9.27 Å². The molecule has 0 saturated carbocycles. The molecule has 0 unspecified atom stereocenters. The Kier molecular flexibility index (Phi) is 5.64. The van der Waals surface area contributed by atoms with Crippen LogP contribution in [0.2, 0.25) is 0 Å². The second kappa shape index (κ2) is 7.91. The Morgan fingerprint density at radius 1 is 1.21 bits per heavy atom. The van der Waals surface area contributed by atoms with Crippen LogP contribution in [0.5, 0.6) is 0 Å². The normalized spacial score (nSPS) is 10.8. The molecule has 1 heterocycles. The first-order chi connectivity index (χ1) is 11.7. The summed E-state index contributed by atoms with van der Waals surface area (Å²) in [6.07, 6.45) is 0. The number of rotatable bonds is 4.